The molecular formula is C40H42Cl2N6O8. The maximum absolute atomic E-state index is 13.3. The molecule has 2 atom stereocenters. The number of halogens is 2. The molecule has 2 N–H and O–H groups in total. The van der Waals surface area contributed by atoms with Crippen molar-refractivity contribution >= 4 is 69.3 Å². The number of Topliss-reactive ketones (excluding diaryl/α,β-unsaturated/α-hetero) is 2. The predicted octanol–water partition coefficient (Wildman–Crippen LogP) is 9.62. The van der Waals surface area contributed by atoms with Crippen molar-refractivity contribution in [2.45, 2.75) is 53.6 Å². The van der Waals surface area contributed by atoms with E-state index in [1.54, 1.807) is 74.5 Å². The Morgan fingerprint density at radius 2 is 0.929 bits per heavy atom. The van der Waals surface area contributed by atoms with Crippen LogP contribution < -0.4 is 29.6 Å². The van der Waals surface area contributed by atoms with Crippen LogP contribution in [0, 0.1) is 0 Å². The number of carbonyl (C=O) groups excluding carboxylic acids is 4. The van der Waals surface area contributed by atoms with Gasteiger partial charge in [0.05, 0.1) is 47.8 Å². The maximum Gasteiger partial charge on any atom is 0.259 e. The van der Waals surface area contributed by atoms with E-state index in [0.29, 0.717) is 66.2 Å². The smallest absolute Gasteiger partial charge is 0.259 e. The first-order valence-electron chi connectivity index (χ1n) is 17.7. The van der Waals surface area contributed by atoms with Crippen LogP contribution in [0.1, 0.15) is 41.5 Å². The van der Waals surface area contributed by atoms with Gasteiger partial charge in [0.1, 0.15) is 34.4 Å². The van der Waals surface area contributed by atoms with Crippen LogP contribution in [0.2, 0.25) is 10.0 Å². The number of para-hydroxylation sites is 2. The molecule has 14 nitrogen and oxygen atoms in total. The molecule has 2 unspecified atom stereocenters. The minimum Gasteiger partial charge on any atom is -0.492 e. The van der Waals surface area contributed by atoms with Gasteiger partial charge in [0, 0.05) is 5.56 Å². The van der Waals surface area contributed by atoms with Gasteiger partial charge in [-0.1, -0.05) is 47.5 Å². The van der Waals surface area contributed by atoms with Crippen LogP contribution in [0.15, 0.2) is 93.3 Å². The fraction of sp³-hybridized carbons (Fsp3) is 0.300. The lowest BCUT2D eigenvalue weighted by Gasteiger charge is -2.17. The minimum atomic E-state index is -1.50. The lowest BCUT2D eigenvalue weighted by molar-refractivity contribution is -0.127. The van der Waals surface area contributed by atoms with Crippen molar-refractivity contribution in [3.63, 3.8) is 0 Å². The SMILES string of the molecule is CCOc1cccc(OCC)c1NC(=O)C(N=Nc1ccc(-c2c(Cl)cc(N=NC(C(C)=O)C(=O)Nc3c(OCC)cccc3OCC)cc2Cl)cc1)C(C)=O. The zero-order chi connectivity index (χ0) is 40.8. The van der Waals surface area contributed by atoms with Gasteiger partial charge in [-0.15, -0.1) is 0 Å². The highest BCUT2D eigenvalue weighted by molar-refractivity contribution is 6.39. The molecule has 0 heterocycles. The van der Waals surface area contributed by atoms with Crippen molar-refractivity contribution in [2.75, 3.05) is 37.1 Å². The molecule has 0 aliphatic rings. The van der Waals surface area contributed by atoms with Gasteiger partial charge in [-0.05, 0) is 95.6 Å². The fourth-order valence-corrected chi connectivity index (χ4v) is 5.92. The van der Waals surface area contributed by atoms with Crippen molar-refractivity contribution in [2.24, 2.45) is 20.5 Å². The van der Waals surface area contributed by atoms with Crippen LogP contribution in [-0.4, -0.2) is 61.9 Å². The molecular weight excluding hydrogens is 763 g/mol. The van der Waals surface area contributed by atoms with Crippen LogP contribution in [0.5, 0.6) is 23.0 Å². The predicted molar refractivity (Wildman–Crippen MR) is 215 cm³/mol. The Bertz CT molecular complexity index is 2040. The molecule has 4 aromatic rings. The van der Waals surface area contributed by atoms with Gasteiger partial charge in [-0.3, -0.25) is 19.2 Å². The Morgan fingerprint density at radius 3 is 1.27 bits per heavy atom. The van der Waals surface area contributed by atoms with Gasteiger partial charge in [0.2, 0.25) is 12.1 Å². The summed E-state index contributed by atoms with van der Waals surface area (Å²) in [7, 11) is 0. The van der Waals surface area contributed by atoms with Crippen LogP contribution >= 0.6 is 23.2 Å². The topological polar surface area (TPSA) is 179 Å². The number of benzene rings is 4. The average molecular weight is 806 g/mol. The van der Waals surface area contributed by atoms with Crippen molar-refractivity contribution in [1.29, 1.82) is 0 Å². The number of hydrogen-bond donors (Lipinski definition) is 2. The number of nitrogens with one attached hydrogen (secondary N) is 2. The van der Waals surface area contributed by atoms with E-state index >= 15 is 0 Å². The minimum absolute atomic E-state index is 0.198. The van der Waals surface area contributed by atoms with Crippen molar-refractivity contribution in [3.05, 3.63) is 82.8 Å². The molecule has 0 fully saturated rings. The van der Waals surface area contributed by atoms with Gasteiger partial charge < -0.3 is 29.6 Å². The zero-order valence-electron chi connectivity index (χ0n) is 31.7. The quantitative estimate of drug-likeness (QED) is 0.0695. The molecule has 0 aromatic heterocycles. The Hall–Kier alpha value is -5.86. The monoisotopic (exact) mass is 804 g/mol. The number of anilines is 2. The first-order valence-corrected chi connectivity index (χ1v) is 18.5. The molecule has 294 valence electrons. The average Bonchev–Trinajstić information content (AvgIpc) is 3.15. The number of carbonyl (C=O) groups is 4. The Labute approximate surface area is 334 Å². The number of azo groups is 2. The van der Waals surface area contributed by atoms with Crippen LogP contribution in [0.4, 0.5) is 22.7 Å². The number of amides is 2. The van der Waals surface area contributed by atoms with Crippen molar-refractivity contribution < 1.29 is 38.1 Å². The van der Waals surface area contributed by atoms with Crippen molar-refractivity contribution in [1.82, 2.24) is 0 Å². The zero-order valence-corrected chi connectivity index (χ0v) is 33.2. The van der Waals surface area contributed by atoms with E-state index in [0.717, 1.165) is 0 Å². The summed E-state index contributed by atoms with van der Waals surface area (Å²) >= 11 is 13.3. The molecule has 16 heteroatoms. The second-order valence-corrected chi connectivity index (χ2v) is 12.6. The third-order valence-corrected chi connectivity index (χ3v) is 8.29. The molecule has 4 aromatic carbocycles. The Balaban J connectivity index is 1.51. The second-order valence-electron chi connectivity index (χ2n) is 11.8. The molecule has 56 heavy (non-hydrogen) atoms. The van der Waals surface area contributed by atoms with Gasteiger partial charge >= 0.3 is 0 Å². The largest absolute Gasteiger partial charge is 0.492 e. The number of ether oxygens (including phenoxy) is 4. The van der Waals surface area contributed by atoms with Crippen LogP contribution in [0.25, 0.3) is 11.1 Å². The van der Waals surface area contributed by atoms with E-state index < -0.39 is 35.5 Å². The van der Waals surface area contributed by atoms with Crippen LogP contribution in [0.3, 0.4) is 0 Å². The lowest BCUT2D eigenvalue weighted by Crippen LogP contribution is -2.32. The van der Waals surface area contributed by atoms with E-state index in [2.05, 4.69) is 31.1 Å². The third kappa shape index (κ3) is 11.1. The summed E-state index contributed by atoms with van der Waals surface area (Å²) in [6.07, 6.45) is 0. The van der Waals surface area contributed by atoms with Gasteiger partial charge in [0.15, 0.2) is 11.6 Å². The number of nitrogens with zero attached hydrogens (tertiary/aromatic N) is 4. The molecule has 0 saturated heterocycles. The van der Waals surface area contributed by atoms with Crippen LogP contribution in [-0.2, 0) is 19.2 Å². The third-order valence-electron chi connectivity index (χ3n) is 7.70. The molecule has 2 amide bonds. The van der Waals surface area contributed by atoms with Gasteiger partial charge in [-0.25, -0.2) is 0 Å². The van der Waals surface area contributed by atoms with Gasteiger partial charge in [0.25, 0.3) is 11.8 Å². The Morgan fingerprint density at radius 1 is 0.571 bits per heavy atom. The summed E-state index contributed by atoms with van der Waals surface area (Å²) in [4.78, 5) is 51.5. The highest BCUT2D eigenvalue weighted by Gasteiger charge is 2.27. The van der Waals surface area contributed by atoms with Crippen molar-refractivity contribution in [3.8, 4) is 34.1 Å². The standard InChI is InChI=1S/C40H42Cl2N6O8/c1-7-53-30-13-11-14-31(54-8-2)37(30)43-39(51)35(23(5)49)47-45-26-19-17-25(18-20-26)34-28(41)21-27(22-29(34)42)46-48-36(24(6)50)40(52)44-38-32(55-9-3)15-12-16-33(38)56-10-4/h11-22,35-36H,7-10H2,1-6H3,(H,43,51)(H,44,52). The fourth-order valence-electron chi connectivity index (χ4n) is 5.23. The number of hydrogen-bond acceptors (Lipinski definition) is 12. The summed E-state index contributed by atoms with van der Waals surface area (Å²) in [6.45, 7) is 11.1. The van der Waals surface area contributed by atoms with E-state index in [-0.39, 0.29) is 27.1 Å². The molecule has 0 saturated carbocycles. The van der Waals surface area contributed by atoms with E-state index in [1.807, 2.05) is 13.8 Å². The van der Waals surface area contributed by atoms with E-state index in [4.69, 9.17) is 42.1 Å². The van der Waals surface area contributed by atoms with E-state index in [1.165, 1.54) is 26.0 Å². The summed E-state index contributed by atoms with van der Waals surface area (Å²) < 4.78 is 22.6. The molecule has 0 spiro atoms. The molecule has 0 radical (unpaired) electrons. The molecule has 0 bridgehead atoms. The number of ketones is 2. The first kappa shape index (κ1) is 42.9. The van der Waals surface area contributed by atoms with Gasteiger partial charge in [-0.2, -0.15) is 20.5 Å². The summed E-state index contributed by atoms with van der Waals surface area (Å²) in [5, 5.41) is 22.1. The summed E-state index contributed by atoms with van der Waals surface area (Å²) in [5.74, 6) is -1.01. The molecule has 4 rings (SSSR count). The lowest BCUT2D eigenvalue weighted by atomic mass is 10.0. The molecule has 0 aliphatic carbocycles. The summed E-state index contributed by atoms with van der Waals surface area (Å²) in [6, 6.07) is 16.8. The highest BCUT2D eigenvalue weighted by atomic mass is 35.5. The second kappa shape index (κ2) is 20.7. The first-order chi connectivity index (χ1) is 26.9. The normalized spacial score (nSPS) is 12.2. The number of rotatable bonds is 19. The molecule has 0 aliphatic heterocycles. The van der Waals surface area contributed by atoms with E-state index in [9.17, 15) is 19.2 Å². The maximum atomic E-state index is 13.3. The summed E-state index contributed by atoms with van der Waals surface area (Å²) in [5.41, 5.74) is 2.17. The Kier molecular flexibility index (Phi) is 15.9. The highest BCUT2D eigenvalue weighted by Crippen LogP contribution is 2.40.